The van der Waals surface area contributed by atoms with Crippen molar-refractivity contribution in [3.8, 4) is 0 Å². The summed E-state index contributed by atoms with van der Waals surface area (Å²) in [6, 6.07) is 8.94. The van der Waals surface area contributed by atoms with Crippen molar-refractivity contribution in [2.24, 2.45) is 5.92 Å². The first-order chi connectivity index (χ1) is 14.6. The number of halogens is 3. The molecule has 0 unspecified atom stereocenters. The Bertz CT molecular complexity index is 1020. The molecule has 0 saturated carbocycles. The third-order valence-corrected chi connectivity index (χ3v) is 5.04. The number of alkyl halides is 3. The van der Waals surface area contributed by atoms with Gasteiger partial charge < -0.3 is 20.7 Å². The topological polar surface area (TPSA) is 79.5 Å². The molecule has 0 bridgehead atoms. The van der Waals surface area contributed by atoms with E-state index in [1.165, 1.54) is 25.4 Å². The highest BCUT2D eigenvalue weighted by atomic mass is 19.4. The van der Waals surface area contributed by atoms with Crippen molar-refractivity contribution in [3.05, 3.63) is 76.6 Å². The number of amides is 2. The first kappa shape index (κ1) is 22.2. The summed E-state index contributed by atoms with van der Waals surface area (Å²) in [6.07, 6.45) is -3.05. The molecule has 0 aromatic heterocycles. The summed E-state index contributed by atoms with van der Waals surface area (Å²) in [5, 5.41) is 8.20. The molecular weight excluding hydrogens is 411 g/mol. The second kappa shape index (κ2) is 8.71. The Labute approximate surface area is 177 Å². The van der Waals surface area contributed by atoms with Gasteiger partial charge in [-0.3, -0.25) is 4.79 Å². The minimum Gasteiger partial charge on any atom is -0.468 e. The predicted molar refractivity (Wildman–Crippen MR) is 109 cm³/mol. The van der Waals surface area contributed by atoms with Gasteiger partial charge in [0.25, 0.3) is 0 Å². The van der Waals surface area contributed by atoms with Crippen LogP contribution in [0.1, 0.15) is 28.3 Å². The van der Waals surface area contributed by atoms with Crippen molar-refractivity contribution in [3.63, 3.8) is 0 Å². The number of ether oxygens (including phenoxy) is 1. The number of methoxy groups -OCH3 is 1. The van der Waals surface area contributed by atoms with Crippen LogP contribution in [0, 0.1) is 19.8 Å². The first-order valence-corrected chi connectivity index (χ1v) is 9.46. The number of anilines is 1. The van der Waals surface area contributed by atoms with Crippen molar-refractivity contribution in [1.82, 2.24) is 10.6 Å². The molecule has 0 radical (unpaired) electrons. The van der Waals surface area contributed by atoms with E-state index < -0.39 is 35.7 Å². The summed E-state index contributed by atoms with van der Waals surface area (Å²) in [5.41, 5.74) is 2.45. The molecule has 31 heavy (non-hydrogen) atoms. The smallest absolute Gasteiger partial charge is 0.416 e. The zero-order valence-corrected chi connectivity index (χ0v) is 17.1. The minimum atomic E-state index is -4.44. The van der Waals surface area contributed by atoms with Gasteiger partial charge in [0.05, 0.1) is 24.4 Å². The molecular formula is C22H22F3N3O3. The third kappa shape index (κ3) is 4.99. The highest BCUT2D eigenvalue weighted by Gasteiger charge is 2.40. The first-order valence-electron chi connectivity index (χ1n) is 9.46. The van der Waals surface area contributed by atoms with Crippen LogP contribution in [0.2, 0.25) is 0 Å². The maximum absolute atomic E-state index is 12.7. The zero-order valence-electron chi connectivity index (χ0n) is 17.1. The number of esters is 1. The Morgan fingerprint density at radius 1 is 1.13 bits per heavy atom. The van der Waals surface area contributed by atoms with Crippen LogP contribution >= 0.6 is 0 Å². The van der Waals surface area contributed by atoms with Crippen LogP contribution in [-0.4, -0.2) is 19.1 Å². The number of carbonyl (C=O) groups excluding carboxylic acids is 2. The van der Waals surface area contributed by atoms with Crippen molar-refractivity contribution >= 4 is 17.7 Å². The molecule has 2 aromatic rings. The van der Waals surface area contributed by atoms with Gasteiger partial charge in [-0.1, -0.05) is 23.8 Å². The maximum Gasteiger partial charge on any atom is 0.416 e. The lowest BCUT2D eigenvalue weighted by atomic mass is 9.86. The van der Waals surface area contributed by atoms with Crippen LogP contribution in [0.4, 0.5) is 23.7 Å². The molecule has 2 aromatic carbocycles. The Kier molecular flexibility index (Phi) is 6.24. The lowest BCUT2D eigenvalue weighted by Crippen LogP contribution is -2.51. The standard InChI is InChI=1S/C22H22F3N3O3/c1-12-4-5-13(2)16(10-12)19-18(20(29)31-3)17(27-21(30)28-19)11-26-15-8-6-14(7-9-15)22(23,24)25/h4-11,18-19,26H,1-3H3,(H2,27,28,30)/b17-11-/t18-,19+/m1/s1. The molecule has 3 N–H and O–H groups in total. The van der Waals surface area contributed by atoms with E-state index in [4.69, 9.17) is 4.74 Å². The van der Waals surface area contributed by atoms with E-state index >= 15 is 0 Å². The van der Waals surface area contributed by atoms with E-state index in [9.17, 15) is 22.8 Å². The molecule has 0 aliphatic carbocycles. The third-order valence-electron chi connectivity index (χ3n) is 5.04. The maximum atomic E-state index is 12.7. The highest BCUT2D eigenvalue weighted by Crippen LogP contribution is 2.34. The fourth-order valence-corrected chi connectivity index (χ4v) is 3.43. The summed E-state index contributed by atoms with van der Waals surface area (Å²) in [4.78, 5) is 24.9. The number of hydrogen-bond acceptors (Lipinski definition) is 4. The molecule has 164 valence electrons. The van der Waals surface area contributed by atoms with Crippen molar-refractivity contribution in [2.45, 2.75) is 26.1 Å². The molecule has 1 fully saturated rings. The molecule has 1 saturated heterocycles. The lowest BCUT2D eigenvalue weighted by molar-refractivity contribution is -0.145. The average molecular weight is 433 g/mol. The van der Waals surface area contributed by atoms with Crippen LogP contribution in [-0.2, 0) is 15.7 Å². The second-order valence-electron chi connectivity index (χ2n) is 7.26. The van der Waals surface area contributed by atoms with Gasteiger partial charge in [-0.2, -0.15) is 13.2 Å². The van der Waals surface area contributed by atoms with Gasteiger partial charge in [-0.25, -0.2) is 4.79 Å². The van der Waals surface area contributed by atoms with Crippen LogP contribution < -0.4 is 16.0 Å². The molecule has 3 rings (SSSR count). The van der Waals surface area contributed by atoms with E-state index in [1.54, 1.807) is 0 Å². The number of nitrogens with one attached hydrogen (secondary N) is 3. The molecule has 6 nitrogen and oxygen atoms in total. The van der Waals surface area contributed by atoms with E-state index in [-0.39, 0.29) is 5.70 Å². The number of carbonyl (C=O) groups is 2. The Hall–Kier alpha value is -3.49. The van der Waals surface area contributed by atoms with Crippen molar-refractivity contribution < 1.29 is 27.5 Å². The molecule has 1 aliphatic heterocycles. The second-order valence-corrected chi connectivity index (χ2v) is 7.26. The fourth-order valence-electron chi connectivity index (χ4n) is 3.43. The van der Waals surface area contributed by atoms with E-state index in [2.05, 4.69) is 16.0 Å². The van der Waals surface area contributed by atoms with Crippen LogP contribution in [0.25, 0.3) is 0 Å². The average Bonchev–Trinajstić information content (AvgIpc) is 2.72. The van der Waals surface area contributed by atoms with Gasteiger partial charge in [0, 0.05) is 11.9 Å². The molecule has 2 atom stereocenters. The largest absolute Gasteiger partial charge is 0.468 e. The van der Waals surface area contributed by atoms with Crippen molar-refractivity contribution in [1.29, 1.82) is 0 Å². The highest BCUT2D eigenvalue weighted by molar-refractivity contribution is 5.85. The summed E-state index contributed by atoms with van der Waals surface area (Å²) in [6.45, 7) is 3.78. The number of aryl methyl sites for hydroxylation is 2. The fraction of sp³-hybridized carbons (Fsp3) is 0.273. The van der Waals surface area contributed by atoms with Crippen LogP contribution in [0.15, 0.2) is 54.4 Å². The Morgan fingerprint density at radius 3 is 2.42 bits per heavy atom. The Morgan fingerprint density at radius 2 is 1.81 bits per heavy atom. The van der Waals surface area contributed by atoms with Crippen molar-refractivity contribution in [2.75, 3.05) is 12.4 Å². The predicted octanol–water partition coefficient (Wildman–Crippen LogP) is 4.42. The van der Waals surface area contributed by atoms with E-state index in [0.29, 0.717) is 5.69 Å². The monoisotopic (exact) mass is 433 g/mol. The number of benzene rings is 2. The molecule has 1 aliphatic rings. The van der Waals surface area contributed by atoms with Gasteiger partial charge in [0.2, 0.25) is 0 Å². The number of hydrogen-bond donors (Lipinski definition) is 3. The van der Waals surface area contributed by atoms with Gasteiger partial charge in [-0.15, -0.1) is 0 Å². The molecule has 1 heterocycles. The van der Waals surface area contributed by atoms with Crippen LogP contribution in [0.5, 0.6) is 0 Å². The summed E-state index contributed by atoms with van der Waals surface area (Å²) < 4.78 is 43.2. The summed E-state index contributed by atoms with van der Waals surface area (Å²) in [7, 11) is 1.25. The Balaban J connectivity index is 1.94. The molecule has 2 amide bonds. The normalized spacial score (nSPS) is 20.1. The lowest BCUT2D eigenvalue weighted by Gasteiger charge is -2.34. The van der Waals surface area contributed by atoms with E-state index in [1.807, 2.05) is 32.0 Å². The molecule has 9 heteroatoms. The SMILES string of the molecule is COC(=O)[C@@H]1/C(=C/Nc2ccc(C(F)(F)F)cc2)NC(=O)N[C@H]1c1cc(C)ccc1C. The van der Waals surface area contributed by atoms with Gasteiger partial charge in [0.15, 0.2) is 0 Å². The van der Waals surface area contributed by atoms with Crippen LogP contribution in [0.3, 0.4) is 0 Å². The van der Waals surface area contributed by atoms with Gasteiger partial charge >= 0.3 is 18.2 Å². The molecule has 0 spiro atoms. The zero-order chi connectivity index (χ0) is 22.8. The quantitative estimate of drug-likeness (QED) is 0.624. The van der Waals surface area contributed by atoms with Gasteiger partial charge in [0.1, 0.15) is 5.92 Å². The number of rotatable bonds is 4. The number of urea groups is 1. The van der Waals surface area contributed by atoms with E-state index in [0.717, 1.165) is 28.8 Å². The minimum absolute atomic E-state index is 0.237. The van der Waals surface area contributed by atoms with Gasteiger partial charge in [-0.05, 0) is 49.2 Å². The summed E-state index contributed by atoms with van der Waals surface area (Å²) >= 11 is 0. The summed E-state index contributed by atoms with van der Waals surface area (Å²) in [5.74, 6) is -1.45.